The van der Waals surface area contributed by atoms with Crippen LogP contribution in [0.25, 0.3) is 28.2 Å². The number of morpholine rings is 1. The summed E-state index contributed by atoms with van der Waals surface area (Å²) in [5.74, 6) is -0.841. The van der Waals surface area contributed by atoms with E-state index in [1.165, 1.54) is 16.7 Å². The molecule has 4 aromatic rings. The number of hydrogen-bond acceptors (Lipinski definition) is 6. The van der Waals surface area contributed by atoms with Gasteiger partial charge in [0.2, 0.25) is 5.95 Å². The standard InChI is InChI=1S/C23H19F2N5O3/c24-20(25)21-26-16-3-1-2-4-18(16)30(21)23-27-17(14-5-7-15(8-6-14)22(31)32)13-19(28-23)29-9-11-33-12-10-29/h1-8,13,20H,9-12H2,(H,31,32). The Balaban J connectivity index is 1.71. The Kier molecular flexibility index (Phi) is 5.43. The van der Waals surface area contributed by atoms with Crippen LogP contribution in [0, 0.1) is 0 Å². The van der Waals surface area contributed by atoms with Gasteiger partial charge in [0.1, 0.15) is 5.82 Å². The first kappa shape index (κ1) is 21.0. The highest BCUT2D eigenvalue weighted by molar-refractivity contribution is 5.88. The van der Waals surface area contributed by atoms with Crippen molar-refractivity contribution in [2.24, 2.45) is 0 Å². The van der Waals surface area contributed by atoms with Crippen molar-refractivity contribution in [1.29, 1.82) is 0 Å². The van der Waals surface area contributed by atoms with Gasteiger partial charge in [-0.05, 0) is 24.3 Å². The molecule has 10 heteroatoms. The van der Waals surface area contributed by atoms with Gasteiger partial charge in [-0.2, -0.15) is 4.98 Å². The molecule has 0 unspecified atom stereocenters. The van der Waals surface area contributed by atoms with E-state index >= 15 is 0 Å². The number of aromatic carboxylic acids is 1. The van der Waals surface area contributed by atoms with Crippen LogP contribution in [0.3, 0.4) is 0 Å². The van der Waals surface area contributed by atoms with E-state index in [2.05, 4.69) is 15.0 Å². The van der Waals surface area contributed by atoms with Gasteiger partial charge in [0.05, 0.1) is 35.5 Å². The highest BCUT2D eigenvalue weighted by Crippen LogP contribution is 2.30. The number of imidazole rings is 1. The lowest BCUT2D eigenvalue weighted by Crippen LogP contribution is -2.37. The molecule has 168 valence electrons. The van der Waals surface area contributed by atoms with Gasteiger partial charge >= 0.3 is 5.97 Å². The number of halogens is 2. The molecule has 0 saturated carbocycles. The smallest absolute Gasteiger partial charge is 0.335 e. The van der Waals surface area contributed by atoms with Crippen molar-refractivity contribution in [2.75, 3.05) is 31.2 Å². The van der Waals surface area contributed by atoms with E-state index in [9.17, 15) is 18.7 Å². The number of hydrogen-bond donors (Lipinski definition) is 1. The number of alkyl halides is 2. The molecule has 1 aliphatic rings. The lowest BCUT2D eigenvalue weighted by atomic mass is 10.1. The van der Waals surface area contributed by atoms with E-state index in [0.717, 1.165) is 0 Å². The molecular formula is C23H19F2N5O3. The molecule has 0 radical (unpaired) electrons. The number of benzene rings is 2. The minimum atomic E-state index is -2.83. The molecule has 8 nitrogen and oxygen atoms in total. The van der Waals surface area contributed by atoms with Crippen molar-refractivity contribution in [3.63, 3.8) is 0 Å². The first-order valence-electron chi connectivity index (χ1n) is 10.3. The topological polar surface area (TPSA) is 93.4 Å². The van der Waals surface area contributed by atoms with Gasteiger partial charge in [0.15, 0.2) is 5.82 Å². The molecule has 1 aliphatic heterocycles. The number of fused-ring (bicyclic) bond motifs is 1. The third-order valence-corrected chi connectivity index (χ3v) is 5.45. The molecule has 1 N–H and O–H groups in total. The Morgan fingerprint density at radius 1 is 1.00 bits per heavy atom. The fourth-order valence-electron chi connectivity index (χ4n) is 3.81. The van der Waals surface area contributed by atoms with Crippen molar-refractivity contribution >= 4 is 22.8 Å². The van der Waals surface area contributed by atoms with Crippen LogP contribution < -0.4 is 4.90 Å². The largest absolute Gasteiger partial charge is 0.478 e. The van der Waals surface area contributed by atoms with Crippen molar-refractivity contribution < 1.29 is 23.4 Å². The molecule has 1 fully saturated rings. The molecule has 5 rings (SSSR count). The number of nitrogens with zero attached hydrogens (tertiary/aromatic N) is 5. The average molecular weight is 451 g/mol. The number of ether oxygens (including phenoxy) is 1. The number of carbonyl (C=O) groups is 1. The van der Waals surface area contributed by atoms with Crippen LogP contribution in [0.1, 0.15) is 22.6 Å². The summed E-state index contributed by atoms with van der Waals surface area (Å²) in [6, 6.07) is 14.8. The van der Waals surface area contributed by atoms with E-state index in [4.69, 9.17) is 4.74 Å². The monoisotopic (exact) mass is 451 g/mol. The van der Waals surface area contributed by atoms with Gasteiger partial charge < -0.3 is 14.7 Å². The molecular weight excluding hydrogens is 432 g/mol. The minimum Gasteiger partial charge on any atom is -0.478 e. The molecule has 2 aromatic heterocycles. The summed E-state index contributed by atoms with van der Waals surface area (Å²) in [5, 5.41) is 9.19. The SMILES string of the molecule is O=C(O)c1ccc(-c2cc(N3CCOCC3)nc(-n3c(C(F)F)nc4ccccc43)n2)cc1. The lowest BCUT2D eigenvalue weighted by molar-refractivity contribution is 0.0697. The number of carboxylic acids is 1. The molecule has 0 atom stereocenters. The maximum absolute atomic E-state index is 13.9. The van der Waals surface area contributed by atoms with Gasteiger partial charge in [-0.25, -0.2) is 23.5 Å². The summed E-state index contributed by atoms with van der Waals surface area (Å²) in [5.41, 5.74) is 2.15. The quantitative estimate of drug-likeness (QED) is 0.491. The molecule has 2 aromatic carbocycles. The van der Waals surface area contributed by atoms with Gasteiger partial charge in [-0.15, -0.1) is 0 Å². The average Bonchev–Trinajstić information content (AvgIpc) is 3.24. The van der Waals surface area contributed by atoms with Gasteiger partial charge in [0.25, 0.3) is 6.43 Å². The Labute approximate surface area is 187 Å². The van der Waals surface area contributed by atoms with Crippen LogP contribution in [0.2, 0.25) is 0 Å². The first-order valence-corrected chi connectivity index (χ1v) is 10.3. The van der Waals surface area contributed by atoms with Crippen molar-refractivity contribution in [1.82, 2.24) is 19.5 Å². The number of anilines is 1. The number of rotatable bonds is 5. The van der Waals surface area contributed by atoms with Gasteiger partial charge in [0, 0.05) is 24.7 Å². The van der Waals surface area contributed by atoms with Crippen LogP contribution in [0.15, 0.2) is 54.6 Å². The number of aromatic nitrogens is 4. The Morgan fingerprint density at radius 3 is 2.42 bits per heavy atom. The Bertz CT molecular complexity index is 1320. The maximum atomic E-state index is 13.9. The second kappa shape index (κ2) is 8.55. The van der Waals surface area contributed by atoms with E-state index < -0.39 is 18.2 Å². The predicted octanol–water partition coefficient (Wildman–Crippen LogP) is 3.95. The second-order valence-corrected chi connectivity index (χ2v) is 7.49. The molecule has 1 saturated heterocycles. The molecule has 3 heterocycles. The molecule has 0 aliphatic carbocycles. The van der Waals surface area contributed by atoms with E-state index in [0.29, 0.717) is 54.4 Å². The minimum absolute atomic E-state index is 0.0697. The normalized spacial score (nSPS) is 14.2. The first-order chi connectivity index (χ1) is 16.0. The molecule has 0 bridgehead atoms. The van der Waals surface area contributed by atoms with Crippen molar-refractivity contribution in [3.05, 3.63) is 66.0 Å². The third-order valence-electron chi connectivity index (χ3n) is 5.45. The van der Waals surface area contributed by atoms with Crippen LogP contribution in [0.4, 0.5) is 14.6 Å². The second-order valence-electron chi connectivity index (χ2n) is 7.49. The molecule has 0 spiro atoms. The van der Waals surface area contributed by atoms with E-state index in [1.807, 2.05) is 4.90 Å². The number of carboxylic acid groups (broad SMARTS) is 1. The maximum Gasteiger partial charge on any atom is 0.335 e. The summed E-state index contributed by atoms with van der Waals surface area (Å²) in [6.45, 7) is 2.25. The molecule has 0 amide bonds. The predicted molar refractivity (Wildman–Crippen MR) is 117 cm³/mol. The summed E-state index contributed by atoms with van der Waals surface area (Å²) in [6.07, 6.45) is -2.83. The van der Waals surface area contributed by atoms with Crippen LogP contribution in [-0.2, 0) is 4.74 Å². The van der Waals surface area contributed by atoms with Gasteiger partial charge in [-0.1, -0.05) is 24.3 Å². The van der Waals surface area contributed by atoms with Gasteiger partial charge in [-0.3, -0.25) is 4.57 Å². The van der Waals surface area contributed by atoms with E-state index in [1.54, 1.807) is 42.5 Å². The summed E-state index contributed by atoms with van der Waals surface area (Å²) >= 11 is 0. The lowest BCUT2D eigenvalue weighted by Gasteiger charge is -2.28. The van der Waals surface area contributed by atoms with Crippen LogP contribution in [-0.4, -0.2) is 56.9 Å². The summed E-state index contributed by atoms with van der Waals surface area (Å²) < 4.78 is 34.6. The molecule has 33 heavy (non-hydrogen) atoms. The fraction of sp³-hybridized carbons (Fsp3) is 0.217. The van der Waals surface area contributed by atoms with Crippen LogP contribution in [0.5, 0.6) is 0 Å². The zero-order valence-electron chi connectivity index (χ0n) is 17.4. The van der Waals surface area contributed by atoms with E-state index in [-0.39, 0.29) is 11.5 Å². The highest BCUT2D eigenvalue weighted by atomic mass is 19.3. The van der Waals surface area contributed by atoms with Crippen molar-refractivity contribution in [2.45, 2.75) is 6.43 Å². The third kappa shape index (κ3) is 4.00. The zero-order valence-corrected chi connectivity index (χ0v) is 17.4. The number of para-hydroxylation sites is 2. The Morgan fingerprint density at radius 2 is 1.73 bits per heavy atom. The van der Waals surface area contributed by atoms with Crippen molar-refractivity contribution in [3.8, 4) is 17.2 Å². The zero-order chi connectivity index (χ0) is 22.9. The van der Waals surface area contributed by atoms with Crippen LogP contribution >= 0.6 is 0 Å². The summed E-state index contributed by atoms with van der Waals surface area (Å²) in [4.78, 5) is 26.5. The Hall–Kier alpha value is -3.92. The fourth-order valence-corrected chi connectivity index (χ4v) is 3.81. The summed E-state index contributed by atoms with van der Waals surface area (Å²) in [7, 11) is 0. The highest BCUT2D eigenvalue weighted by Gasteiger charge is 2.24.